The molecular formula is C17H25ClN2. The molecule has 1 saturated heterocycles. The van der Waals surface area contributed by atoms with E-state index in [1.54, 1.807) is 0 Å². The van der Waals surface area contributed by atoms with Crippen LogP contribution in [0.5, 0.6) is 0 Å². The van der Waals surface area contributed by atoms with Crippen LogP contribution in [0.25, 0.3) is 0 Å². The standard InChI is InChI=1S/C17H25ClN2/c1-14-4-2-6-16(12-14)19-8-10-20(11-9-19)17-7-3-5-15(18)13-17/h3,5,7,13-14,16H,2,4,6,8-12H2,1H3/t14-,16-/m1/s1. The van der Waals surface area contributed by atoms with Gasteiger partial charge in [-0.25, -0.2) is 0 Å². The van der Waals surface area contributed by atoms with Gasteiger partial charge in [-0.1, -0.05) is 37.4 Å². The maximum absolute atomic E-state index is 6.09. The fraction of sp³-hybridized carbons (Fsp3) is 0.647. The van der Waals surface area contributed by atoms with Crippen LogP contribution in [0.1, 0.15) is 32.6 Å². The molecule has 1 aliphatic carbocycles. The Morgan fingerprint density at radius 1 is 1.10 bits per heavy atom. The topological polar surface area (TPSA) is 6.48 Å². The fourth-order valence-electron chi connectivity index (χ4n) is 3.75. The Morgan fingerprint density at radius 3 is 2.60 bits per heavy atom. The largest absolute Gasteiger partial charge is 0.369 e. The highest BCUT2D eigenvalue weighted by Gasteiger charge is 2.27. The Hall–Kier alpha value is -0.730. The third kappa shape index (κ3) is 3.29. The lowest BCUT2D eigenvalue weighted by Crippen LogP contribution is -2.51. The zero-order chi connectivity index (χ0) is 13.9. The summed E-state index contributed by atoms with van der Waals surface area (Å²) in [4.78, 5) is 5.19. The number of piperazine rings is 1. The zero-order valence-electron chi connectivity index (χ0n) is 12.4. The van der Waals surface area contributed by atoms with Crippen molar-refractivity contribution in [3.63, 3.8) is 0 Å². The highest BCUT2D eigenvalue weighted by Crippen LogP contribution is 2.29. The van der Waals surface area contributed by atoms with Gasteiger partial charge in [0.15, 0.2) is 0 Å². The van der Waals surface area contributed by atoms with Gasteiger partial charge < -0.3 is 4.90 Å². The number of hydrogen-bond acceptors (Lipinski definition) is 2. The van der Waals surface area contributed by atoms with Gasteiger partial charge in [0.05, 0.1) is 0 Å². The number of nitrogens with zero attached hydrogens (tertiary/aromatic N) is 2. The van der Waals surface area contributed by atoms with Gasteiger partial charge in [-0.2, -0.15) is 0 Å². The van der Waals surface area contributed by atoms with E-state index in [0.29, 0.717) is 0 Å². The van der Waals surface area contributed by atoms with Crippen LogP contribution >= 0.6 is 11.6 Å². The first-order valence-corrected chi connectivity index (χ1v) is 8.35. The molecule has 1 aliphatic heterocycles. The Balaban J connectivity index is 1.56. The Bertz CT molecular complexity index is 440. The predicted octanol–water partition coefficient (Wildman–Crippen LogP) is 4.04. The summed E-state index contributed by atoms with van der Waals surface area (Å²) in [7, 11) is 0. The Kier molecular flexibility index (Phi) is 4.52. The molecule has 0 unspecified atom stereocenters. The summed E-state index contributed by atoms with van der Waals surface area (Å²) >= 11 is 6.09. The second kappa shape index (κ2) is 6.36. The zero-order valence-corrected chi connectivity index (χ0v) is 13.1. The molecule has 1 heterocycles. The average molecular weight is 293 g/mol. The molecule has 0 spiro atoms. The third-order valence-corrected chi connectivity index (χ3v) is 5.15. The maximum Gasteiger partial charge on any atom is 0.0426 e. The lowest BCUT2D eigenvalue weighted by molar-refractivity contribution is 0.127. The van der Waals surface area contributed by atoms with Gasteiger partial charge in [0.25, 0.3) is 0 Å². The van der Waals surface area contributed by atoms with Crippen molar-refractivity contribution in [2.24, 2.45) is 5.92 Å². The van der Waals surface area contributed by atoms with Crippen LogP contribution in [0.15, 0.2) is 24.3 Å². The van der Waals surface area contributed by atoms with Gasteiger partial charge in [0.2, 0.25) is 0 Å². The number of anilines is 1. The first-order chi connectivity index (χ1) is 9.72. The number of rotatable bonds is 2. The van der Waals surface area contributed by atoms with Crippen molar-refractivity contribution in [3.8, 4) is 0 Å². The van der Waals surface area contributed by atoms with E-state index in [0.717, 1.165) is 30.1 Å². The molecule has 2 nitrogen and oxygen atoms in total. The molecule has 2 fully saturated rings. The van der Waals surface area contributed by atoms with Gasteiger partial charge in [0.1, 0.15) is 0 Å². The fourth-order valence-corrected chi connectivity index (χ4v) is 3.94. The van der Waals surface area contributed by atoms with E-state index in [2.05, 4.69) is 28.9 Å². The van der Waals surface area contributed by atoms with Crippen LogP contribution in [-0.2, 0) is 0 Å². The van der Waals surface area contributed by atoms with Crippen LogP contribution < -0.4 is 4.90 Å². The van der Waals surface area contributed by atoms with E-state index in [1.807, 2.05) is 12.1 Å². The molecule has 2 aliphatic rings. The molecule has 0 bridgehead atoms. The highest BCUT2D eigenvalue weighted by atomic mass is 35.5. The molecule has 3 heteroatoms. The molecule has 0 aromatic heterocycles. The lowest BCUT2D eigenvalue weighted by Gasteiger charge is -2.42. The minimum atomic E-state index is 0.834. The van der Waals surface area contributed by atoms with E-state index >= 15 is 0 Å². The van der Waals surface area contributed by atoms with E-state index < -0.39 is 0 Å². The molecule has 1 aromatic carbocycles. The summed E-state index contributed by atoms with van der Waals surface area (Å²) in [5, 5.41) is 0.839. The maximum atomic E-state index is 6.09. The van der Waals surface area contributed by atoms with Gasteiger partial charge in [0, 0.05) is 42.9 Å². The van der Waals surface area contributed by atoms with Crippen molar-refractivity contribution in [2.75, 3.05) is 31.1 Å². The summed E-state index contributed by atoms with van der Waals surface area (Å²) in [6.07, 6.45) is 5.65. The SMILES string of the molecule is C[C@@H]1CCC[C@@H](N2CCN(c3cccc(Cl)c3)CC2)C1. The number of halogens is 1. The molecule has 0 radical (unpaired) electrons. The number of hydrogen-bond donors (Lipinski definition) is 0. The van der Waals surface area contributed by atoms with Crippen LogP contribution in [0.2, 0.25) is 5.02 Å². The Morgan fingerprint density at radius 2 is 1.90 bits per heavy atom. The van der Waals surface area contributed by atoms with Crippen LogP contribution in [-0.4, -0.2) is 37.1 Å². The van der Waals surface area contributed by atoms with Crippen LogP contribution in [0, 0.1) is 5.92 Å². The average Bonchev–Trinajstić information content (AvgIpc) is 2.47. The molecule has 20 heavy (non-hydrogen) atoms. The molecular weight excluding hydrogens is 268 g/mol. The van der Waals surface area contributed by atoms with E-state index in [-0.39, 0.29) is 0 Å². The van der Waals surface area contributed by atoms with Gasteiger partial charge in [-0.3, -0.25) is 4.90 Å². The molecule has 1 saturated carbocycles. The monoisotopic (exact) mass is 292 g/mol. The van der Waals surface area contributed by atoms with E-state index in [1.165, 1.54) is 44.5 Å². The van der Waals surface area contributed by atoms with Crippen molar-refractivity contribution in [1.29, 1.82) is 0 Å². The minimum Gasteiger partial charge on any atom is -0.369 e. The predicted molar refractivity (Wildman–Crippen MR) is 86.7 cm³/mol. The molecule has 110 valence electrons. The molecule has 1 aromatic rings. The smallest absolute Gasteiger partial charge is 0.0426 e. The summed E-state index contributed by atoms with van der Waals surface area (Å²) in [5.41, 5.74) is 1.27. The first kappa shape index (κ1) is 14.2. The molecule has 3 rings (SSSR count). The summed E-state index contributed by atoms with van der Waals surface area (Å²) in [5.74, 6) is 0.916. The van der Waals surface area contributed by atoms with Crippen LogP contribution in [0.4, 0.5) is 5.69 Å². The molecule has 2 atom stereocenters. The van der Waals surface area contributed by atoms with Crippen molar-refractivity contribution < 1.29 is 0 Å². The number of benzene rings is 1. The first-order valence-electron chi connectivity index (χ1n) is 7.97. The van der Waals surface area contributed by atoms with E-state index in [9.17, 15) is 0 Å². The summed E-state index contributed by atoms with van der Waals surface area (Å²) < 4.78 is 0. The van der Waals surface area contributed by atoms with Crippen molar-refractivity contribution in [1.82, 2.24) is 4.90 Å². The second-order valence-electron chi connectivity index (χ2n) is 6.43. The van der Waals surface area contributed by atoms with E-state index in [4.69, 9.17) is 11.6 Å². The second-order valence-corrected chi connectivity index (χ2v) is 6.86. The van der Waals surface area contributed by atoms with Gasteiger partial charge in [-0.05, 0) is 37.0 Å². The van der Waals surface area contributed by atoms with Gasteiger partial charge >= 0.3 is 0 Å². The van der Waals surface area contributed by atoms with Crippen molar-refractivity contribution >= 4 is 17.3 Å². The summed E-state index contributed by atoms with van der Waals surface area (Å²) in [6.45, 7) is 7.07. The van der Waals surface area contributed by atoms with Crippen molar-refractivity contribution in [3.05, 3.63) is 29.3 Å². The molecule has 0 amide bonds. The quantitative estimate of drug-likeness (QED) is 0.812. The van der Waals surface area contributed by atoms with Crippen LogP contribution in [0.3, 0.4) is 0 Å². The summed E-state index contributed by atoms with van der Waals surface area (Å²) in [6, 6.07) is 9.09. The minimum absolute atomic E-state index is 0.834. The van der Waals surface area contributed by atoms with Gasteiger partial charge in [-0.15, -0.1) is 0 Å². The third-order valence-electron chi connectivity index (χ3n) is 4.91. The Labute approximate surface area is 127 Å². The highest BCUT2D eigenvalue weighted by molar-refractivity contribution is 6.30. The normalized spacial score (nSPS) is 28.6. The molecule has 0 N–H and O–H groups in total. The lowest BCUT2D eigenvalue weighted by atomic mass is 9.86. The van der Waals surface area contributed by atoms with Crippen molar-refractivity contribution in [2.45, 2.75) is 38.6 Å².